The maximum atomic E-state index is 5.65. The van der Waals surface area contributed by atoms with Crippen molar-refractivity contribution >= 4 is 21.4 Å². The fourth-order valence-corrected chi connectivity index (χ4v) is 2.41. The first-order valence-electron chi connectivity index (χ1n) is 6.15. The lowest BCUT2D eigenvalue weighted by Crippen LogP contribution is -1.99. The zero-order valence-corrected chi connectivity index (χ0v) is 12.0. The number of pyridine rings is 1. The standard InChI is InChI=1S/C15H14BrN3/c16-13-3-1-11(2-4-13)8-15-18-10-14-7-12(9-17)5-6-19(14)15/h1-7,10H,8-9,17H2. The molecule has 0 saturated carbocycles. The average Bonchev–Trinajstić information content (AvgIpc) is 2.83. The van der Waals surface area contributed by atoms with E-state index in [0.717, 1.165) is 27.8 Å². The number of hydrogen-bond acceptors (Lipinski definition) is 2. The third-order valence-corrected chi connectivity index (χ3v) is 3.71. The fraction of sp³-hybridized carbons (Fsp3) is 0.133. The van der Waals surface area contributed by atoms with Crippen LogP contribution < -0.4 is 5.73 Å². The molecule has 0 saturated heterocycles. The van der Waals surface area contributed by atoms with E-state index in [1.165, 1.54) is 5.56 Å². The van der Waals surface area contributed by atoms with E-state index in [2.05, 4.69) is 55.6 Å². The number of nitrogens with zero attached hydrogens (tertiary/aromatic N) is 2. The molecule has 3 nitrogen and oxygen atoms in total. The first-order chi connectivity index (χ1) is 9.26. The second-order valence-electron chi connectivity index (χ2n) is 4.51. The van der Waals surface area contributed by atoms with Crippen molar-refractivity contribution in [2.24, 2.45) is 5.73 Å². The maximum absolute atomic E-state index is 5.65. The molecule has 0 spiro atoms. The molecule has 0 atom stereocenters. The molecule has 3 aromatic rings. The van der Waals surface area contributed by atoms with Gasteiger partial charge in [-0.05, 0) is 35.4 Å². The summed E-state index contributed by atoms with van der Waals surface area (Å²) in [4.78, 5) is 4.50. The lowest BCUT2D eigenvalue weighted by Gasteiger charge is -2.03. The minimum atomic E-state index is 0.559. The first kappa shape index (κ1) is 12.4. The van der Waals surface area contributed by atoms with Crippen LogP contribution in [0.3, 0.4) is 0 Å². The number of benzene rings is 1. The number of aromatic nitrogens is 2. The van der Waals surface area contributed by atoms with Crippen LogP contribution in [0.2, 0.25) is 0 Å². The molecule has 1 aromatic carbocycles. The van der Waals surface area contributed by atoms with E-state index in [1.807, 2.05) is 18.5 Å². The summed E-state index contributed by atoms with van der Waals surface area (Å²) in [5.41, 5.74) is 9.12. The topological polar surface area (TPSA) is 43.3 Å². The summed E-state index contributed by atoms with van der Waals surface area (Å²) < 4.78 is 3.21. The zero-order valence-electron chi connectivity index (χ0n) is 10.4. The maximum Gasteiger partial charge on any atom is 0.117 e. The normalized spacial score (nSPS) is 11.1. The minimum Gasteiger partial charge on any atom is -0.326 e. The molecule has 2 N–H and O–H groups in total. The SMILES string of the molecule is NCc1ccn2c(Cc3ccc(Br)cc3)ncc2c1. The highest BCUT2D eigenvalue weighted by Gasteiger charge is 2.05. The monoisotopic (exact) mass is 315 g/mol. The summed E-state index contributed by atoms with van der Waals surface area (Å²) in [5, 5.41) is 0. The van der Waals surface area contributed by atoms with Gasteiger partial charge in [0.1, 0.15) is 5.82 Å². The quantitative estimate of drug-likeness (QED) is 0.807. The number of nitrogens with two attached hydrogens (primary N) is 1. The number of hydrogen-bond donors (Lipinski definition) is 1. The van der Waals surface area contributed by atoms with Crippen LogP contribution in [0.25, 0.3) is 5.52 Å². The van der Waals surface area contributed by atoms with Gasteiger partial charge in [0.05, 0.1) is 11.7 Å². The van der Waals surface area contributed by atoms with Crippen molar-refractivity contribution in [3.05, 3.63) is 70.2 Å². The molecule has 0 amide bonds. The minimum absolute atomic E-state index is 0.559. The first-order valence-corrected chi connectivity index (χ1v) is 6.95. The van der Waals surface area contributed by atoms with Crippen molar-refractivity contribution in [3.63, 3.8) is 0 Å². The predicted molar refractivity (Wildman–Crippen MR) is 80.0 cm³/mol. The zero-order chi connectivity index (χ0) is 13.2. The third-order valence-electron chi connectivity index (χ3n) is 3.18. The van der Waals surface area contributed by atoms with Gasteiger partial charge in [0.25, 0.3) is 0 Å². The van der Waals surface area contributed by atoms with Gasteiger partial charge in [0.15, 0.2) is 0 Å². The number of imidazole rings is 1. The van der Waals surface area contributed by atoms with Gasteiger partial charge in [-0.1, -0.05) is 28.1 Å². The molecule has 0 radical (unpaired) electrons. The highest BCUT2D eigenvalue weighted by Crippen LogP contribution is 2.15. The molecule has 0 unspecified atom stereocenters. The molecule has 2 heterocycles. The molecular formula is C15H14BrN3. The molecule has 0 fully saturated rings. The molecule has 0 aliphatic heterocycles. The van der Waals surface area contributed by atoms with E-state index in [9.17, 15) is 0 Å². The van der Waals surface area contributed by atoms with Gasteiger partial charge in [0, 0.05) is 23.6 Å². The Bertz CT molecular complexity index is 701. The second kappa shape index (κ2) is 5.15. The molecule has 19 heavy (non-hydrogen) atoms. The van der Waals surface area contributed by atoms with Crippen molar-refractivity contribution in [3.8, 4) is 0 Å². The van der Waals surface area contributed by atoms with Gasteiger partial charge in [-0.15, -0.1) is 0 Å². The summed E-state index contributed by atoms with van der Waals surface area (Å²) in [6.45, 7) is 0.559. The summed E-state index contributed by atoms with van der Waals surface area (Å²) in [7, 11) is 0. The fourth-order valence-electron chi connectivity index (χ4n) is 2.14. The van der Waals surface area contributed by atoms with Gasteiger partial charge >= 0.3 is 0 Å². The summed E-state index contributed by atoms with van der Waals surface area (Å²) in [6, 6.07) is 12.5. The Morgan fingerprint density at radius 3 is 2.63 bits per heavy atom. The van der Waals surface area contributed by atoms with E-state index in [4.69, 9.17) is 5.73 Å². The lowest BCUT2D eigenvalue weighted by molar-refractivity contribution is 0.953. The number of halogens is 1. The van der Waals surface area contributed by atoms with Gasteiger partial charge < -0.3 is 10.1 Å². The van der Waals surface area contributed by atoms with Crippen molar-refractivity contribution in [1.82, 2.24) is 9.38 Å². The molecular weight excluding hydrogens is 302 g/mol. The van der Waals surface area contributed by atoms with E-state index >= 15 is 0 Å². The predicted octanol–water partition coefficient (Wildman–Crippen LogP) is 3.15. The van der Waals surface area contributed by atoms with E-state index in [0.29, 0.717) is 6.54 Å². The van der Waals surface area contributed by atoms with Crippen LogP contribution >= 0.6 is 15.9 Å². The van der Waals surface area contributed by atoms with Gasteiger partial charge in [-0.2, -0.15) is 0 Å². The van der Waals surface area contributed by atoms with Crippen molar-refractivity contribution in [2.75, 3.05) is 0 Å². The van der Waals surface area contributed by atoms with E-state index in [-0.39, 0.29) is 0 Å². The molecule has 4 heteroatoms. The molecule has 0 bridgehead atoms. The Kier molecular flexibility index (Phi) is 3.36. The Balaban J connectivity index is 1.95. The highest BCUT2D eigenvalue weighted by atomic mass is 79.9. The van der Waals surface area contributed by atoms with Crippen molar-refractivity contribution in [1.29, 1.82) is 0 Å². The van der Waals surface area contributed by atoms with Crippen LogP contribution in [0.1, 0.15) is 17.0 Å². The number of rotatable bonds is 3. The van der Waals surface area contributed by atoms with Gasteiger partial charge in [0.2, 0.25) is 0 Å². The summed E-state index contributed by atoms with van der Waals surface area (Å²) in [5.74, 6) is 1.04. The van der Waals surface area contributed by atoms with Crippen LogP contribution in [-0.2, 0) is 13.0 Å². The highest BCUT2D eigenvalue weighted by molar-refractivity contribution is 9.10. The van der Waals surface area contributed by atoms with Crippen LogP contribution in [-0.4, -0.2) is 9.38 Å². The third kappa shape index (κ3) is 2.55. The Morgan fingerprint density at radius 1 is 1.11 bits per heavy atom. The van der Waals surface area contributed by atoms with Gasteiger partial charge in [-0.25, -0.2) is 4.98 Å². The largest absolute Gasteiger partial charge is 0.326 e. The Labute approximate surface area is 120 Å². The molecule has 3 rings (SSSR count). The smallest absolute Gasteiger partial charge is 0.117 e. The molecule has 2 aromatic heterocycles. The summed E-state index contributed by atoms with van der Waals surface area (Å²) >= 11 is 3.45. The van der Waals surface area contributed by atoms with E-state index < -0.39 is 0 Å². The van der Waals surface area contributed by atoms with Crippen molar-refractivity contribution < 1.29 is 0 Å². The van der Waals surface area contributed by atoms with Crippen LogP contribution in [0.15, 0.2) is 53.3 Å². The second-order valence-corrected chi connectivity index (χ2v) is 5.43. The van der Waals surface area contributed by atoms with Crippen LogP contribution in [0, 0.1) is 0 Å². The molecule has 0 aliphatic carbocycles. The lowest BCUT2D eigenvalue weighted by atomic mass is 10.1. The molecule has 0 aliphatic rings. The number of fused-ring (bicyclic) bond motifs is 1. The summed E-state index contributed by atoms with van der Waals surface area (Å²) in [6.07, 6.45) is 4.76. The Morgan fingerprint density at radius 2 is 1.89 bits per heavy atom. The Hall–Kier alpha value is -1.65. The average molecular weight is 316 g/mol. The van der Waals surface area contributed by atoms with Gasteiger partial charge in [-0.3, -0.25) is 0 Å². The van der Waals surface area contributed by atoms with Crippen LogP contribution in [0.5, 0.6) is 0 Å². The van der Waals surface area contributed by atoms with Crippen LogP contribution in [0.4, 0.5) is 0 Å². The molecule has 96 valence electrons. The van der Waals surface area contributed by atoms with E-state index in [1.54, 1.807) is 0 Å². The van der Waals surface area contributed by atoms with Crippen molar-refractivity contribution in [2.45, 2.75) is 13.0 Å².